The van der Waals surface area contributed by atoms with Gasteiger partial charge < -0.3 is 9.47 Å². The average Bonchev–Trinajstić information content (AvgIpc) is 2.75. The van der Waals surface area contributed by atoms with Crippen LogP contribution in [0.4, 0.5) is 4.39 Å². The molecule has 0 spiro atoms. The molecule has 0 aromatic rings. The molecular weight excluding hydrogens is 161 g/mol. The van der Waals surface area contributed by atoms with Crippen molar-refractivity contribution in [2.24, 2.45) is 4.99 Å². The van der Waals surface area contributed by atoms with Crippen LogP contribution in [0.3, 0.4) is 0 Å². The second-order valence-electron chi connectivity index (χ2n) is 3.07. The second-order valence-corrected chi connectivity index (χ2v) is 3.07. The molecule has 0 radical (unpaired) electrons. The number of hydrogen-bond donors (Lipinski definition) is 0. The molecule has 0 bridgehead atoms. The van der Waals surface area contributed by atoms with Crippen molar-refractivity contribution in [1.29, 1.82) is 0 Å². The third-order valence-corrected chi connectivity index (χ3v) is 2.12. The smallest absolute Gasteiger partial charge is 0.213 e. The van der Waals surface area contributed by atoms with Gasteiger partial charge in [-0.3, -0.25) is 0 Å². The first-order valence-corrected chi connectivity index (χ1v) is 4.28. The van der Waals surface area contributed by atoms with Gasteiger partial charge in [-0.15, -0.1) is 0 Å². The molecule has 0 aliphatic carbocycles. The van der Waals surface area contributed by atoms with Gasteiger partial charge >= 0.3 is 0 Å². The lowest BCUT2D eigenvalue weighted by Crippen LogP contribution is -2.23. The maximum atomic E-state index is 12.1. The number of hydrogen-bond acceptors (Lipinski definition) is 3. The summed E-state index contributed by atoms with van der Waals surface area (Å²) < 4.78 is 22.7. The maximum Gasteiger partial charge on any atom is 0.213 e. The van der Waals surface area contributed by atoms with E-state index in [-0.39, 0.29) is 12.2 Å². The van der Waals surface area contributed by atoms with Crippen molar-refractivity contribution >= 4 is 5.90 Å². The molecule has 2 aliphatic rings. The van der Waals surface area contributed by atoms with Crippen molar-refractivity contribution in [1.82, 2.24) is 0 Å². The third kappa shape index (κ3) is 1.43. The Balaban J connectivity index is 1.89. The lowest BCUT2D eigenvalue weighted by atomic mass is 10.2. The van der Waals surface area contributed by atoms with Gasteiger partial charge in [0.15, 0.2) is 0 Å². The van der Waals surface area contributed by atoms with Gasteiger partial charge in [0.25, 0.3) is 0 Å². The molecule has 0 amide bonds. The molecule has 68 valence electrons. The fourth-order valence-electron chi connectivity index (χ4n) is 1.47. The summed E-state index contributed by atoms with van der Waals surface area (Å²) in [5.41, 5.74) is 0. The van der Waals surface area contributed by atoms with E-state index in [4.69, 9.17) is 9.47 Å². The first kappa shape index (κ1) is 7.98. The van der Waals surface area contributed by atoms with Crippen molar-refractivity contribution < 1.29 is 13.9 Å². The van der Waals surface area contributed by atoms with Gasteiger partial charge in [0.2, 0.25) is 5.90 Å². The molecule has 0 N–H and O–H groups in total. The van der Waals surface area contributed by atoms with Crippen LogP contribution in [-0.4, -0.2) is 37.9 Å². The minimum absolute atomic E-state index is 0.00144. The fourth-order valence-corrected chi connectivity index (χ4v) is 1.47. The zero-order chi connectivity index (χ0) is 8.39. The standard InChI is InChI=1S/C8H12FNO2/c9-4-6-5-10-8(12-6)7-2-1-3-11-7/h6-7H,1-5H2. The molecule has 3 nitrogen and oxygen atoms in total. The molecule has 4 heteroatoms. The topological polar surface area (TPSA) is 30.8 Å². The highest BCUT2D eigenvalue weighted by Gasteiger charge is 2.29. The molecule has 2 atom stereocenters. The number of alkyl halides is 1. The summed E-state index contributed by atoms with van der Waals surface area (Å²) in [6.07, 6.45) is 1.65. The van der Waals surface area contributed by atoms with Crippen LogP contribution >= 0.6 is 0 Å². The highest BCUT2D eigenvalue weighted by Crippen LogP contribution is 2.18. The lowest BCUT2D eigenvalue weighted by Gasteiger charge is -2.11. The van der Waals surface area contributed by atoms with Gasteiger partial charge in [-0.1, -0.05) is 0 Å². The van der Waals surface area contributed by atoms with Crippen LogP contribution in [0.25, 0.3) is 0 Å². The quantitative estimate of drug-likeness (QED) is 0.622. The Morgan fingerprint density at radius 1 is 1.58 bits per heavy atom. The molecular formula is C8H12FNO2. The third-order valence-electron chi connectivity index (χ3n) is 2.12. The predicted octanol–water partition coefficient (Wildman–Crippen LogP) is 0.932. The molecule has 2 unspecified atom stereocenters. The van der Waals surface area contributed by atoms with E-state index < -0.39 is 6.67 Å². The summed E-state index contributed by atoms with van der Waals surface area (Å²) in [5.74, 6) is 0.607. The van der Waals surface area contributed by atoms with Crippen LogP contribution in [0.5, 0.6) is 0 Å². The monoisotopic (exact) mass is 173 g/mol. The Kier molecular flexibility index (Phi) is 2.26. The summed E-state index contributed by atoms with van der Waals surface area (Å²) >= 11 is 0. The van der Waals surface area contributed by atoms with E-state index in [2.05, 4.69) is 4.99 Å². The molecule has 1 saturated heterocycles. The molecule has 0 aromatic carbocycles. The largest absolute Gasteiger partial charge is 0.471 e. The first-order valence-electron chi connectivity index (χ1n) is 4.28. The lowest BCUT2D eigenvalue weighted by molar-refractivity contribution is 0.114. The van der Waals surface area contributed by atoms with Gasteiger partial charge in [0.1, 0.15) is 18.9 Å². The summed E-state index contributed by atoms with van der Waals surface area (Å²) in [5, 5.41) is 0. The Morgan fingerprint density at radius 3 is 3.08 bits per heavy atom. The van der Waals surface area contributed by atoms with Crippen molar-refractivity contribution in [2.45, 2.75) is 25.0 Å². The van der Waals surface area contributed by atoms with Crippen LogP contribution in [0.2, 0.25) is 0 Å². The van der Waals surface area contributed by atoms with Crippen molar-refractivity contribution in [2.75, 3.05) is 19.8 Å². The van der Waals surface area contributed by atoms with Gasteiger partial charge in [0, 0.05) is 6.61 Å². The zero-order valence-electron chi connectivity index (χ0n) is 6.83. The Bertz CT molecular complexity index is 189. The van der Waals surface area contributed by atoms with Gasteiger partial charge in [-0.2, -0.15) is 0 Å². The Morgan fingerprint density at radius 2 is 2.50 bits per heavy atom. The maximum absolute atomic E-state index is 12.1. The average molecular weight is 173 g/mol. The number of nitrogens with zero attached hydrogens (tertiary/aromatic N) is 1. The first-order chi connectivity index (χ1) is 5.90. The SMILES string of the molecule is FCC1CN=C(C2CCCO2)O1. The van der Waals surface area contributed by atoms with E-state index in [0.717, 1.165) is 19.4 Å². The minimum atomic E-state index is -0.459. The van der Waals surface area contributed by atoms with Crippen molar-refractivity contribution in [3.05, 3.63) is 0 Å². The molecule has 1 fully saturated rings. The van der Waals surface area contributed by atoms with E-state index in [1.807, 2.05) is 0 Å². The van der Waals surface area contributed by atoms with Gasteiger partial charge in [-0.25, -0.2) is 9.38 Å². The summed E-state index contributed by atoms with van der Waals surface area (Å²) in [6.45, 7) is 0.763. The highest BCUT2D eigenvalue weighted by atomic mass is 19.1. The van der Waals surface area contributed by atoms with Crippen LogP contribution in [0.15, 0.2) is 4.99 Å². The minimum Gasteiger partial charge on any atom is -0.471 e. The predicted molar refractivity (Wildman–Crippen MR) is 42.1 cm³/mol. The normalized spacial score (nSPS) is 34.9. The number of ether oxygens (including phenoxy) is 2. The number of rotatable bonds is 2. The molecule has 0 aromatic heterocycles. The van der Waals surface area contributed by atoms with E-state index in [0.29, 0.717) is 12.4 Å². The van der Waals surface area contributed by atoms with Crippen LogP contribution in [-0.2, 0) is 9.47 Å². The summed E-state index contributed by atoms with van der Waals surface area (Å²) in [7, 11) is 0. The highest BCUT2D eigenvalue weighted by molar-refractivity contribution is 5.82. The molecule has 2 rings (SSSR count). The number of aliphatic imine (C=N–C) groups is 1. The Labute approximate surface area is 70.6 Å². The van der Waals surface area contributed by atoms with Crippen LogP contribution < -0.4 is 0 Å². The van der Waals surface area contributed by atoms with Crippen LogP contribution in [0.1, 0.15) is 12.8 Å². The summed E-state index contributed by atoms with van der Waals surface area (Å²) in [6, 6.07) is 0. The summed E-state index contributed by atoms with van der Waals surface area (Å²) in [4.78, 5) is 4.10. The van der Waals surface area contributed by atoms with E-state index in [1.165, 1.54) is 0 Å². The second kappa shape index (κ2) is 3.39. The van der Waals surface area contributed by atoms with E-state index >= 15 is 0 Å². The van der Waals surface area contributed by atoms with Gasteiger partial charge in [0.05, 0.1) is 6.54 Å². The van der Waals surface area contributed by atoms with E-state index in [1.54, 1.807) is 0 Å². The fraction of sp³-hybridized carbons (Fsp3) is 0.875. The zero-order valence-corrected chi connectivity index (χ0v) is 6.83. The van der Waals surface area contributed by atoms with Crippen LogP contribution in [0, 0.1) is 0 Å². The van der Waals surface area contributed by atoms with Gasteiger partial charge in [-0.05, 0) is 12.8 Å². The number of halogens is 1. The van der Waals surface area contributed by atoms with Crippen molar-refractivity contribution in [3.8, 4) is 0 Å². The molecule has 12 heavy (non-hydrogen) atoms. The Hall–Kier alpha value is -0.640. The molecule has 2 heterocycles. The molecule has 2 aliphatic heterocycles. The van der Waals surface area contributed by atoms with E-state index in [9.17, 15) is 4.39 Å². The molecule has 0 saturated carbocycles. The van der Waals surface area contributed by atoms with Crippen molar-refractivity contribution in [3.63, 3.8) is 0 Å².